The van der Waals surface area contributed by atoms with Crippen LogP contribution >= 0.6 is 0 Å². The highest BCUT2D eigenvalue weighted by Crippen LogP contribution is 2.40. The minimum atomic E-state index is -0.906. The van der Waals surface area contributed by atoms with Gasteiger partial charge in [-0.05, 0) is 48.4 Å². The van der Waals surface area contributed by atoms with Crippen LogP contribution in [0.15, 0.2) is 48.5 Å². The fourth-order valence-corrected chi connectivity index (χ4v) is 6.91. The zero-order valence-corrected chi connectivity index (χ0v) is 23.8. The predicted octanol–water partition coefficient (Wildman–Crippen LogP) is 8.46. The first-order valence-corrected chi connectivity index (χ1v) is 15.2. The molecular formula is C34H40N4O2. The van der Waals surface area contributed by atoms with E-state index in [2.05, 4.69) is 30.5 Å². The molecule has 2 aliphatic carbocycles. The minimum Gasteiger partial charge on any atom is -0.478 e. The van der Waals surface area contributed by atoms with Gasteiger partial charge in [0.1, 0.15) is 11.3 Å². The molecule has 0 bridgehead atoms. The van der Waals surface area contributed by atoms with E-state index in [0.29, 0.717) is 23.9 Å². The molecule has 0 unspecified atom stereocenters. The van der Waals surface area contributed by atoms with Gasteiger partial charge < -0.3 is 9.67 Å². The van der Waals surface area contributed by atoms with Gasteiger partial charge in [0.15, 0.2) is 0 Å². The second kappa shape index (κ2) is 11.5. The Hall–Kier alpha value is -3.54. The first-order valence-electron chi connectivity index (χ1n) is 15.2. The molecule has 6 nitrogen and oxygen atoms in total. The Balaban J connectivity index is 1.44. The van der Waals surface area contributed by atoms with Crippen LogP contribution in [-0.4, -0.2) is 30.8 Å². The lowest BCUT2D eigenvalue weighted by atomic mass is 9.84. The Morgan fingerprint density at radius 2 is 1.45 bits per heavy atom. The molecule has 2 aliphatic rings. The number of hydrogen-bond donors (Lipinski definition) is 1. The quantitative estimate of drug-likeness (QED) is 0.256. The summed E-state index contributed by atoms with van der Waals surface area (Å²) >= 11 is 0. The van der Waals surface area contributed by atoms with Crippen molar-refractivity contribution in [3.05, 3.63) is 76.9 Å². The Morgan fingerprint density at radius 1 is 0.850 bits per heavy atom. The Morgan fingerprint density at radius 3 is 2.08 bits per heavy atom. The van der Waals surface area contributed by atoms with Crippen molar-refractivity contribution >= 4 is 17.0 Å². The monoisotopic (exact) mass is 536 g/mol. The number of carboxylic acids is 1. The van der Waals surface area contributed by atoms with Gasteiger partial charge in [0.05, 0.1) is 22.5 Å². The van der Waals surface area contributed by atoms with Gasteiger partial charge >= 0.3 is 5.97 Å². The standard InChI is InChI=1S/C34H40N4O2/c1-22(2)33-35-31-29(25-11-5-3-6-12-25)36-37-30(26-13-7-4-8-14-26)32(31)38(33)21-23-17-19-24(20-18-23)27-15-9-10-16-28(27)34(39)40/h9-10,15-20,22,25-26H,3-8,11-14,21H2,1-2H3,(H,39,40). The van der Waals surface area contributed by atoms with Gasteiger partial charge in [-0.15, -0.1) is 0 Å². The molecule has 2 aromatic heterocycles. The molecule has 2 saturated carbocycles. The third-order valence-corrected chi connectivity index (χ3v) is 9.01. The van der Waals surface area contributed by atoms with Gasteiger partial charge in [-0.1, -0.05) is 94.8 Å². The van der Waals surface area contributed by atoms with Crippen molar-refractivity contribution in [2.75, 3.05) is 0 Å². The molecule has 6 rings (SSSR count). The number of nitrogens with zero attached hydrogens (tertiary/aromatic N) is 4. The SMILES string of the molecule is CC(C)c1nc2c(C3CCCCC3)nnc(C3CCCCC3)c2n1Cc1ccc(-c2ccccc2C(=O)O)cc1. The zero-order chi connectivity index (χ0) is 27.6. The van der Waals surface area contributed by atoms with E-state index in [-0.39, 0.29) is 5.92 Å². The van der Waals surface area contributed by atoms with Crippen LogP contribution in [0.1, 0.15) is 129 Å². The molecule has 0 aliphatic heterocycles. The van der Waals surface area contributed by atoms with Gasteiger partial charge in [0.2, 0.25) is 0 Å². The van der Waals surface area contributed by atoms with Gasteiger partial charge in [0, 0.05) is 24.3 Å². The molecule has 0 radical (unpaired) electrons. The van der Waals surface area contributed by atoms with Crippen LogP contribution in [0.5, 0.6) is 0 Å². The van der Waals surface area contributed by atoms with Gasteiger partial charge in [-0.2, -0.15) is 10.2 Å². The highest BCUT2D eigenvalue weighted by molar-refractivity contribution is 5.96. The van der Waals surface area contributed by atoms with Crippen molar-refractivity contribution in [1.82, 2.24) is 19.7 Å². The van der Waals surface area contributed by atoms with E-state index < -0.39 is 5.97 Å². The minimum absolute atomic E-state index is 0.271. The molecule has 40 heavy (non-hydrogen) atoms. The normalized spacial score (nSPS) is 17.1. The Kier molecular flexibility index (Phi) is 7.68. The Labute approximate surface area is 236 Å². The number of fused-ring (bicyclic) bond motifs is 1. The van der Waals surface area contributed by atoms with Crippen LogP contribution in [-0.2, 0) is 6.54 Å². The molecular weight excluding hydrogens is 496 g/mol. The number of hydrogen-bond acceptors (Lipinski definition) is 4. The van der Waals surface area contributed by atoms with Crippen LogP contribution < -0.4 is 0 Å². The first kappa shape index (κ1) is 26.7. The molecule has 0 saturated heterocycles. The summed E-state index contributed by atoms with van der Waals surface area (Å²) < 4.78 is 2.42. The average molecular weight is 537 g/mol. The summed E-state index contributed by atoms with van der Waals surface area (Å²) in [7, 11) is 0. The summed E-state index contributed by atoms with van der Waals surface area (Å²) in [6.45, 7) is 5.16. The largest absolute Gasteiger partial charge is 0.478 e. The van der Waals surface area contributed by atoms with Crippen LogP contribution in [0.25, 0.3) is 22.2 Å². The van der Waals surface area contributed by atoms with Crippen molar-refractivity contribution in [2.45, 2.75) is 102 Å². The smallest absolute Gasteiger partial charge is 0.336 e. The third kappa shape index (κ3) is 5.16. The van der Waals surface area contributed by atoms with E-state index in [4.69, 9.17) is 15.2 Å². The summed E-state index contributed by atoms with van der Waals surface area (Å²) in [5, 5.41) is 19.6. The van der Waals surface area contributed by atoms with Gasteiger partial charge in [-0.25, -0.2) is 9.78 Å². The summed E-state index contributed by atoms with van der Waals surface area (Å²) in [6, 6.07) is 15.5. The van der Waals surface area contributed by atoms with Crippen molar-refractivity contribution < 1.29 is 9.90 Å². The molecule has 2 heterocycles. The van der Waals surface area contributed by atoms with Gasteiger partial charge in [-0.3, -0.25) is 0 Å². The maximum absolute atomic E-state index is 11.8. The fourth-order valence-electron chi connectivity index (χ4n) is 6.91. The number of aromatic nitrogens is 4. The maximum Gasteiger partial charge on any atom is 0.336 e. The molecule has 6 heteroatoms. The van der Waals surface area contributed by atoms with Crippen LogP contribution in [0.3, 0.4) is 0 Å². The summed E-state index contributed by atoms with van der Waals surface area (Å²) in [5.74, 6) is 1.35. The number of imidazole rings is 1. The molecule has 2 fully saturated rings. The van der Waals surface area contributed by atoms with Crippen LogP contribution in [0.2, 0.25) is 0 Å². The van der Waals surface area contributed by atoms with E-state index in [9.17, 15) is 9.90 Å². The van der Waals surface area contributed by atoms with E-state index in [1.165, 1.54) is 75.3 Å². The summed E-state index contributed by atoms with van der Waals surface area (Å²) in [5.41, 5.74) is 7.67. The van der Waals surface area contributed by atoms with Crippen molar-refractivity contribution in [3.63, 3.8) is 0 Å². The van der Waals surface area contributed by atoms with Crippen LogP contribution in [0.4, 0.5) is 0 Å². The fraction of sp³-hybridized carbons (Fsp3) is 0.471. The number of rotatable bonds is 7. The molecule has 0 atom stereocenters. The van der Waals surface area contributed by atoms with Crippen molar-refractivity contribution in [3.8, 4) is 11.1 Å². The molecule has 208 valence electrons. The third-order valence-electron chi connectivity index (χ3n) is 9.01. The average Bonchev–Trinajstić information content (AvgIpc) is 3.37. The lowest BCUT2D eigenvalue weighted by Crippen LogP contribution is -2.15. The lowest BCUT2D eigenvalue weighted by molar-refractivity contribution is 0.0697. The van der Waals surface area contributed by atoms with E-state index in [1.54, 1.807) is 12.1 Å². The molecule has 0 amide bonds. The lowest BCUT2D eigenvalue weighted by Gasteiger charge is -2.24. The van der Waals surface area contributed by atoms with E-state index >= 15 is 0 Å². The topological polar surface area (TPSA) is 80.9 Å². The predicted molar refractivity (Wildman–Crippen MR) is 159 cm³/mol. The second-order valence-electron chi connectivity index (χ2n) is 12.1. The number of carbonyl (C=O) groups is 1. The first-order chi connectivity index (χ1) is 19.5. The highest BCUT2D eigenvalue weighted by Gasteiger charge is 2.29. The second-order valence-corrected chi connectivity index (χ2v) is 12.1. The van der Waals surface area contributed by atoms with E-state index in [0.717, 1.165) is 33.9 Å². The molecule has 0 spiro atoms. The van der Waals surface area contributed by atoms with Crippen molar-refractivity contribution in [2.24, 2.45) is 0 Å². The number of carboxylic acid groups (broad SMARTS) is 1. The maximum atomic E-state index is 11.8. The zero-order valence-electron chi connectivity index (χ0n) is 23.8. The van der Waals surface area contributed by atoms with Gasteiger partial charge in [0.25, 0.3) is 0 Å². The molecule has 1 N–H and O–H groups in total. The molecule has 4 aromatic rings. The molecule has 2 aromatic carbocycles. The highest BCUT2D eigenvalue weighted by atomic mass is 16.4. The Bertz CT molecular complexity index is 1490. The summed E-state index contributed by atoms with van der Waals surface area (Å²) in [6.07, 6.45) is 12.3. The number of benzene rings is 2. The van der Waals surface area contributed by atoms with Crippen LogP contribution in [0, 0.1) is 0 Å². The summed E-state index contributed by atoms with van der Waals surface area (Å²) in [4.78, 5) is 17.1. The van der Waals surface area contributed by atoms with E-state index in [1.807, 2.05) is 24.3 Å². The van der Waals surface area contributed by atoms with Crippen molar-refractivity contribution in [1.29, 1.82) is 0 Å². The number of aromatic carboxylic acids is 1.